The zero-order valence-corrected chi connectivity index (χ0v) is 19.9. The van der Waals surface area contributed by atoms with Crippen molar-refractivity contribution in [3.8, 4) is 0 Å². The molecule has 13 nitrogen and oxygen atoms in total. The SMILES string of the molecule is CCC(C)C(N)C(=O)NC(CCC(=O)O)C(=O)N1CCCC1C(=O)NC(Cc1cnc[nH]1)C(=O)O. The Bertz CT molecular complexity index is 906. The van der Waals surface area contributed by atoms with Crippen molar-refractivity contribution in [2.45, 2.75) is 76.5 Å². The van der Waals surface area contributed by atoms with E-state index in [-0.39, 0.29) is 31.7 Å². The summed E-state index contributed by atoms with van der Waals surface area (Å²) in [4.78, 5) is 69.5. The highest BCUT2D eigenvalue weighted by atomic mass is 16.4. The average molecular weight is 495 g/mol. The maximum atomic E-state index is 13.3. The minimum atomic E-state index is -1.24. The zero-order valence-electron chi connectivity index (χ0n) is 19.9. The van der Waals surface area contributed by atoms with Crippen LogP contribution in [0.1, 0.15) is 51.6 Å². The summed E-state index contributed by atoms with van der Waals surface area (Å²) in [5, 5.41) is 23.6. The Balaban J connectivity index is 2.13. The molecule has 0 saturated carbocycles. The van der Waals surface area contributed by atoms with Crippen molar-refractivity contribution in [2.24, 2.45) is 11.7 Å². The number of likely N-dealkylation sites (tertiary alicyclic amines) is 1. The van der Waals surface area contributed by atoms with Gasteiger partial charge in [-0.1, -0.05) is 20.3 Å². The molecule has 0 bridgehead atoms. The van der Waals surface area contributed by atoms with Crippen LogP contribution in [0.5, 0.6) is 0 Å². The summed E-state index contributed by atoms with van der Waals surface area (Å²) in [5.74, 6) is -4.35. The van der Waals surface area contributed by atoms with Gasteiger partial charge in [-0.3, -0.25) is 19.2 Å². The van der Waals surface area contributed by atoms with Gasteiger partial charge in [-0.15, -0.1) is 0 Å². The van der Waals surface area contributed by atoms with Gasteiger partial charge in [0.25, 0.3) is 0 Å². The Kier molecular flexibility index (Phi) is 10.2. The molecule has 0 spiro atoms. The van der Waals surface area contributed by atoms with Gasteiger partial charge in [0, 0.05) is 31.3 Å². The Morgan fingerprint density at radius 2 is 1.94 bits per heavy atom. The van der Waals surface area contributed by atoms with Gasteiger partial charge in [-0.25, -0.2) is 9.78 Å². The molecule has 2 heterocycles. The molecule has 0 aliphatic carbocycles. The highest BCUT2D eigenvalue weighted by molar-refractivity contribution is 5.94. The molecule has 3 amide bonds. The monoisotopic (exact) mass is 494 g/mol. The first kappa shape index (κ1) is 27.8. The molecule has 2 rings (SSSR count). The molecule has 13 heteroatoms. The fraction of sp³-hybridized carbons (Fsp3) is 0.636. The number of rotatable bonds is 13. The van der Waals surface area contributed by atoms with E-state index in [1.54, 1.807) is 6.92 Å². The number of hydrogen-bond donors (Lipinski definition) is 6. The second-order valence-corrected chi connectivity index (χ2v) is 8.77. The fourth-order valence-electron chi connectivity index (χ4n) is 3.89. The van der Waals surface area contributed by atoms with E-state index in [0.29, 0.717) is 25.0 Å². The van der Waals surface area contributed by atoms with Gasteiger partial charge in [0.2, 0.25) is 17.7 Å². The molecule has 1 aliphatic rings. The van der Waals surface area contributed by atoms with Crippen molar-refractivity contribution in [3.05, 3.63) is 18.2 Å². The first-order chi connectivity index (χ1) is 16.5. The molecule has 1 fully saturated rings. The fourth-order valence-corrected chi connectivity index (χ4v) is 3.89. The summed E-state index contributed by atoms with van der Waals surface area (Å²) in [6.07, 6.45) is 3.72. The van der Waals surface area contributed by atoms with Gasteiger partial charge in [-0.2, -0.15) is 0 Å². The molecule has 5 unspecified atom stereocenters. The van der Waals surface area contributed by atoms with Crippen LogP contribution in [0, 0.1) is 5.92 Å². The first-order valence-electron chi connectivity index (χ1n) is 11.6. The van der Waals surface area contributed by atoms with Crippen molar-refractivity contribution in [2.75, 3.05) is 6.54 Å². The number of aromatic nitrogens is 2. The lowest BCUT2D eigenvalue weighted by Gasteiger charge is -2.30. The molecule has 1 aromatic rings. The highest BCUT2D eigenvalue weighted by Gasteiger charge is 2.39. The van der Waals surface area contributed by atoms with Crippen LogP contribution in [-0.2, 0) is 30.4 Å². The summed E-state index contributed by atoms with van der Waals surface area (Å²) in [5.41, 5.74) is 6.48. The van der Waals surface area contributed by atoms with Crippen molar-refractivity contribution in [1.29, 1.82) is 0 Å². The molecule has 1 aromatic heterocycles. The highest BCUT2D eigenvalue weighted by Crippen LogP contribution is 2.20. The van der Waals surface area contributed by atoms with E-state index < -0.39 is 53.8 Å². The maximum Gasteiger partial charge on any atom is 0.326 e. The third-order valence-electron chi connectivity index (χ3n) is 6.25. The lowest BCUT2D eigenvalue weighted by atomic mass is 9.98. The van der Waals surface area contributed by atoms with Gasteiger partial charge >= 0.3 is 11.9 Å². The topological polar surface area (TPSA) is 208 Å². The van der Waals surface area contributed by atoms with E-state index in [1.807, 2.05) is 6.92 Å². The standard InChI is InChI=1S/C22H34N6O7/c1-3-12(2)18(23)20(32)26-14(6-7-17(29)30)21(33)28-8-4-5-16(28)19(31)27-15(22(34)35)9-13-10-24-11-25-13/h10-12,14-16,18H,3-9,23H2,1-2H3,(H,24,25)(H,26,32)(H,27,31)(H,29,30)(H,34,35). The second-order valence-electron chi connectivity index (χ2n) is 8.77. The first-order valence-corrected chi connectivity index (χ1v) is 11.6. The van der Waals surface area contributed by atoms with Crippen molar-refractivity contribution < 1.29 is 34.2 Å². The van der Waals surface area contributed by atoms with Crippen LogP contribution in [0.2, 0.25) is 0 Å². The van der Waals surface area contributed by atoms with Crippen molar-refractivity contribution in [1.82, 2.24) is 25.5 Å². The molecule has 5 atom stereocenters. The molecule has 1 saturated heterocycles. The Morgan fingerprint density at radius 3 is 2.51 bits per heavy atom. The predicted octanol–water partition coefficient (Wildman–Crippen LogP) is -0.764. The quantitative estimate of drug-likeness (QED) is 0.203. The minimum Gasteiger partial charge on any atom is -0.481 e. The molecule has 0 radical (unpaired) electrons. The zero-order chi connectivity index (χ0) is 26.1. The molecule has 194 valence electrons. The molecule has 1 aliphatic heterocycles. The van der Waals surface area contributed by atoms with E-state index in [9.17, 15) is 29.1 Å². The predicted molar refractivity (Wildman–Crippen MR) is 123 cm³/mol. The summed E-state index contributed by atoms with van der Waals surface area (Å²) < 4.78 is 0. The van der Waals surface area contributed by atoms with Crippen LogP contribution in [0.15, 0.2) is 12.5 Å². The maximum absolute atomic E-state index is 13.3. The van der Waals surface area contributed by atoms with Crippen molar-refractivity contribution in [3.63, 3.8) is 0 Å². The summed E-state index contributed by atoms with van der Waals surface area (Å²) in [6.45, 7) is 3.88. The molecule has 7 N–H and O–H groups in total. The van der Waals surface area contributed by atoms with Gasteiger partial charge < -0.3 is 36.5 Å². The lowest BCUT2D eigenvalue weighted by molar-refractivity contribution is -0.145. The van der Waals surface area contributed by atoms with Crippen LogP contribution >= 0.6 is 0 Å². The number of carboxylic acids is 2. The van der Waals surface area contributed by atoms with Crippen LogP contribution in [0.25, 0.3) is 0 Å². The number of aliphatic carboxylic acids is 2. The van der Waals surface area contributed by atoms with Crippen molar-refractivity contribution >= 4 is 29.7 Å². The van der Waals surface area contributed by atoms with Gasteiger partial charge in [0.15, 0.2) is 0 Å². The van der Waals surface area contributed by atoms with E-state index in [0.717, 1.165) is 0 Å². The summed E-state index contributed by atoms with van der Waals surface area (Å²) in [6, 6.07) is -4.24. The summed E-state index contributed by atoms with van der Waals surface area (Å²) >= 11 is 0. The Labute approximate surface area is 202 Å². The number of carbonyl (C=O) groups is 5. The molecular formula is C22H34N6O7. The number of nitrogens with two attached hydrogens (primary N) is 1. The van der Waals surface area contributed by atoms with Crippen LogP contribution in [-0.4, -0.2) is 85.5 Å². The van der Waals surface area contributed by atoms with E-state index in [2.05, 4.69) is 20.6 Å². The molecule has 0 aromatic carbocycles. The number of aromatic amines is 1. The number of nitrogens with one attached hydrogen (secondary N) is 3. The number of H-pyrrole nitrogens is 1. The Morgan fingerprint density at radius 1 is 1.23 bits per heavy atom. The third-order valence-corrected chi connectivity index (χ3v) is 6.25. The van der Waals surface area contributed by atoms with Gasteiger partial charge in [0.1, 0.15) is 18.1 Å². The van der Waals surface area contributed by atoms with E-state index in [4.69, 9.17) is 10.8 Å². The molecule has 35 heavy (non-hydrogen) atoms. The van der Waals surface area contributed by atoms with Gasteiger partial charge in [-0.05, 0) is 25.2 Å². The number of nitrogens with zero attached hydrogens (tertiary/aromatic N) is 2. The number of carbonyl (C=O) groups excluding carboxylic acids is 3. The van der Waals surface area contributed by atoms with E-state index >= 15 is 0 Å². The third kappa shape index (κ3) is 7.77. The number of imidazole rings is 1. The van der Waals surface area contributed by atoms with Gasteiger partial charge in [0.05, 0.1) is 12.4 Å². The lowest BCUT2D eigenvalue weighted by Crippen LogP contribution is -2.57. The summed E-state index contributed by atoms with van der Waals surface area (Å²) in [7, 11) is 0. The average Bonchev–Trinajstić information content (AvgIpc) is 3.51. The number of amides is 3. The number of hydrogen-bond acceptors (Lipinski definition) is 7. The van der Waals surface area contributed by atoms with E-state index in [1.165, 1.54) is 17.4 Å². The van der Waals surface area contributed by atoms with Crippen LogP contribution < -0.4 is 16.4 Å². The number of carboxylic acid groups (broad SMARTS) is 2. The van der Waals surface area contributed by atoms with Crippen LogP contribution in [0.4, 0.5) is 0 Å². The minimum absolute atomic E-state index is 0.0213. The van der Waals surface area contributed by atoms with Crippen LogP contribution in [0.3, 0.4) is 0 Å². The Hall–Kier alpha value is -3.48. The smallest absolute Gasteiger partial charge is 0.326 e. The second kappa shape index (κ2) is 12.8. The molecular weight excluding hydrogens is 460 g/mol. The normalized spacial score (nSPS) is 18.8. The largest absolute Gasteiger partial charge is 0.481 e.